The highest BCUT2D eigenvalue weighted by atomic mass is 32.2. The molecule has 6 heteroatoms. The Morgan fingerprint density at radius 3 is 2.70 bits per heavy atom. The number of nitrogens with zero attached hydrogens (tertiary/aromatic N) is 1. The van der Waals surface area contributed by atoms with Crippen molar-refractivity contribution in [3.05, 3.63) is 29.8 Å². The fraction of sp³-hybridized carbons (Fsp3) is 0.529. The molecule has 126 valence electrons. The highest BCUT2D eigenvalue weighted by Gasteiger charge is 2.41. The maximum Gasteiger partial charge on any atom is 0.223 e. The fourth-order valence-electron chi connectivity index (χ4n) is 2.66. The Bertz CT molecular complexity index is 561. The van der Waals surface area contributed by atoms with Crippen molar-refractivity contribution in [2.45, 2.75) is 38.8 Å². The first-order valence-corrected chi connectivity index (χ1v) is 9.11. The number of carbonyl (C=O) groups is 1. The van der Waals surface area contributed by atoms with E-state index in [-0.39, 0.29) is 11.4 Å². The second-order valence-corrected chi connectivity index (χ2v) is 7.37. The summed E-state index contributed by atoms with van der Waals surface area (Å²) in [5, 5.41) is 0. The monoisotopic (exact) mass is 353 g/mol. The molecule has 1 atom stereocenters. The number of thiocarbonyl (C=S) groups is 1. The number of rotatable bonds is 6. The van der Waals surface area contributed by atoms with Gasteiger partial charge in [0.2, 0.25) is 10.3 Å². The van der Waals surface area contributed by atoms with Gasteiger partial charge >= 0.3 is 0 Å². The van der Waals surface area contributed by atoms with Crippen molar-refractivity contribution in [2.75, 3.05) is 19.5 Å². The third-order valence-corrected chi connectivity index (χ3v) is 5.68. The molecule has 4 nitrogen and oxygen atoms in total. The Balaban J connectivity index is 2.04. The van der Waals surface area contributed by atoms with Crippen LogP contribution in [0.2, 0.25) is 0 Å². The van der Waals surface area contributed by atoms with Gasteiger partial charge in [-0.3, -0.25) is 4.79 Å². The van der Waals surface area contributed by atoms with Gasteiger partial charge in [0.15, 0.2) is 0 Å². The highest BCUT2D eigenvalue weighted by molar-refractivity contribution is 8.22. The second-order valence-electron chi connectivity index (χ2n) is 5.80. The van der Waals surface area contributed by atoms with Crippen LogP contribution in [-0.2, 0) is 16.1 Å². The molecule has 1 aromatic rings. The average molecular weight is 354 g/mol. The summed E-state index contributed by atoms with van der Waals surface area (Å²) < 4.78 is 11.1. The van der Waals surface area contributed by atoms with Gasteiger partial charge in [0.25, 0.3) is 0 Å². The lowest BCUT2D eigenvalue weighted by atomic mass is 10.0. The summed E-state index contributed by atoms with van der Waals surface area (Å²) in [4.78, 5) is 14.3. The predicted molar refractivity (Wildman–Crippen MR) is 97.9 cm³/mol. The van der Waals surface area contributed by atoms with Crippen LogP contribution in [0.1, 0.15) is 32.3 Å². The zero-order chi connectivity index (χ0) is 16.9. The molecule has 0 N–H and O–H groups in total. The van der Waals surface area contributed by atoms with E-state index in [2.05, 4.69) is 6.92 Å². The van der Waals surface area contributed by atoms with Gasteiger partial charge in [0.1, 0.15) is 5.75 Å². The third-order valence-electron chi connectivity index (χ3n) is 4.09. The van der Waals surface area contributed by atoms with Crippen molar-refractivity contribution in [2.24, 2.45) is 0 Å². The molecular formula is C17H23NO3S2. The summed E-state index contributed by atoms with van der Waals surface area (Å²) in [6, 6.07) is 7.85. The maximum absolute atomic E-state index is 12.3. The van der Waals surface area contributed by atoms with Crippen molar-refractivity contribution in [1.29, 1.82) is 0 Å². The molecule has 1 fully saturated rings. The van der Waals surface area contributed by atoms with Gasteiger partial charge in [-0.1, -0.05) is 23.9 Å². The molecule has 0 radical (unpaired) electrons. The van der Waals surface area contributed by atoms with Crippen molar-refractivity contribution in [3.8, 4) is 5.75 Å². The maximum atomic E-state index is 12.3. The number of methoxy groups -OCH3 is 1. The molecule has 1 aliphatic rings. The number of benzene rings is 1. The Hall–Kier alpha value is -1.27. The topological polar surface area (TPSA) is 38.8 Å². The van der Waals surface area contributed by atoms with Crippen LogP contribution < -0.4 is 4.74 Å². The zero-order valence-electron chi connectivity index (χ0n) is 13.8. The summed E-state index contributed by atoms with van der Waals surface area (Å²) in [5.41, 5.74) is 0.910. The minimum atomic E-state index is -0.192. The van der Waals surface area contributed by atoms with Gasteiger partial charge < -0.3 is 14.4 Å². The first-order valence-electron chi connectivity index (χ1n) is 7.71. The Kier molecular flexibility index (Phi) is 6.30. The molecule has 1 amide bonds. The highest BCUT2D eigenvalue weighted by Crippen LogP contribution is 2.35. The first-order chi connectivity index (χ1) is 11.0. The van der Waals surface area contributed by atoms with E-state index in [1.54, 1.807) is 7.11 Å². The van der Waals surface area contributed by atoms with Crippen molar-refractivity contribution in [3.63, 3.8) is 0 Å². The van der Waals surface area contributed by atoms with Crippen LogP contribution in [0, 0.1) is 0 Å². The van der Waals surface area contributed by atoms with E-state index >= 15 is 0 Å². The lowest BCUT2D eigenvalue weighted by Gasteiger charge is -2.35. The number of hydrogen-bond acceptors (Lipinski definition) is 5. The van der Waals surface area contributed by atoms with Gasteiger partial charge in [0, 0.05) is 18.7 Å². The number of ether oxygens (including phenoxy) is 2. The van der Waals surface area contributed by atoms with Crippen LogP contribution in [0.15, 0.2) is 24.3 Å². The second kappa shape index (κ2) is 8.02. The van der Waals surface area contributed by atoms with Crippen LogP contribution in [0.4, 0.5) is 0 Å². The molecule has 0 spiro atoms. The molecule has 1 aromatic carbocycles. The van der Waals surface area contributed by atoms with E-state index in [1.807, 2.05) is 36.1 Å². The van der Waals surface area contributed by atoms with Gasteiger partial charge in [-0.2, -0.15) is 0 Å². The van der Waals surface area contributed by atoms with E-state index in [9.17, 15) is 4.79 Å². The predicted octanol–water partition coefficient (Wildman–Crippen LogP) is 3.63. The standard InChI is InChI=1S/C17H23NO3S2/c1-4-21-16(22)23-12-17(2)10-9-15(19)18(17)11-13-5-7-14(20-3)8-6-13/h5-8H,4,9-12H2,1-3H3. The Morgan fingerprint density at radius 2 is 2.09 bits per heavy atom. The first kappa shape index (κ1) is 18.1. The average Bonchev–Trinajstić information content (AvgIpc) is 2.83. The van der Waals surface area contributed by atoms with Crippen molar-refractivity contribution in [1.82, 2.24) is 4.90 Å². The Labute approximate surface area is 147 Å². The molecule has 1 saturated heterocycles. The van der Waals surface area contributed by atoms with Gasteiger partial charge in [-0.05, 0) is 50.2 Å². The number of thioether (sulfide) groups is 1. The SMILES string of the molecule is CCOC(=S)SCC1(C)CCC(=O)N1Cc1ccc(OC)cc1. The van der Waals surface area contributed by atoms with Crippen LogP contribution in [0.3, 0.4) is 0 Å². The van der Waals surface area contributed by atoms with Gasteiger partial charge in [0.05, 0.1) is 19.3 Å². The van der Waals surface area contributed by atoms with Crippen LogP contribution in [0.25, 0.3) is 0 Å². The molecular weight excluding hydrogens is 330 g/mol. The molecule has 1 unspecified atom stereocenters. The normalized spacial score (nSPS) is 20.7. The summed E-state index contributed by atoms with van der Waals surface area (Å²) in [5.74, 6) is 1.78. The number of hydrogen-bond donors (Lipinski definition) is 0. The summed E-state index contributed by atoms with van der Waals surface area (Å²) >= 11 is 6.70. The summed E-state index contributed by atoms with van der Waals surface area (Å²) in [6.07, 6.45) is 1.44. The van der Waals surface area contributed by atoms with E-state index in [0.717, 1.165) is 23.5 Å². The number of carbonyl (C=O) groups excluding carboxylic acids is 1. The van der Waals surface area contributed by atoms with Crippen molar-refractivity contribution < 1.29 is 14.3 Å². The number of amides is 1. The van der Waals surface area contributed by atoms with Crippen LogP contribution in [0.5, 0.6) is 5.75 Å². The van der Waals surface area contributed by atoms with Crippen LogP contribution in [-0.4, -0.2) is 40.2 Å². The van der Waals surface area contributed by atoms with E-state index in [4.69, 9.17) is 21.7 Å². The fourth-order valence-corrected chi connectivity index (χ4v) is 3.89. The van der Waals surface area contributed by atoms with Crippen LogP contribution >= 0.6 is 24.0 Å². The molecule has 0 bridgehead atoms. The lowest BCUT2D eigenvalue weighted by molar-refractivity contribution is -0.131. The molecule has 0 saturated carbocycles. The Morgan fingerprint density at radius 1 is 1.39 bits per heavy atom. The van der Waals surface area contributed by atoms with Gasteiger partial charge in [-0.15, -0.1) is 0 Å². The molecule has 1 aliphatic heterocycles. The smallest absolute Gasteiger partial charge is 0.223 e. The molecule has 2 rings (SSSR count). The minimum Gasteiger partial charge on any atom is -0.497 e. The molecule has 0 aliphatic carbocycles. The quantitative estimate of drug-likeness (QED) is 0.730. The molecule has 0 aromatic heterocycles. The van der Waals surface area contributed by atoms with E-state index in [0.29, 0.717) is 24.0 Å². The van der Waals surface area contributed by atoms with E-state index in [1.165, 1.54) is 11.8 Å². The van der Waals surface area contributed by atoms with Crippen molar-refractivity contribution >= 4 is 34.3 Å². The molecule has 1 heterocycles. The summed E-state index contributed by atoms with van der Waals surface area (Å²) in [6.45, 7) is 5.24. The molecule has 23 heavy (non-hydrogen) atoms. The number of likely N-dealkylation sites (tertiary alicyclic amines) is 1. The lowest BCUT2D eigenvalue weighted by Crippen LogP contribution is -2.45. The third kappa shape index (κ3) is 4.61. The minimum absolute atomic E-state index is 0.192. The zero-order valence-corrected chi connectivity index (χ0v) is 15.5. The van der Waals surface area contributed by atoms with E-state index < -0.39 is 0 Å². The largest absolute Gasteiger partial charge is 0.497 e. The van der Waals surface area contributed by atoms with Gasteiger partial charge in [-0.25, -0.2) is 0 Å². The summed E-state index contributed by atoms with van der Waals surface area (Å²) in [7, 11) is 1.65.